The molecule has 0 aromatic rings. The highest BCUT2D eigenvalue weighted by Crippen LogP contribution is 2.72. The molecular weight excluding hydrogens is 279 g/mol. The smallest absolute Gasteiger partial charge is 0.109 e. The van der Waals surface area contributed by atoms with E-state index in [9.17, 15) is 5.11 Å². The van der Waals surface area contributed by atoms with Crippen LogP contribution in [-0.2, 0) is 0 Å². The van der Waals surface area contributed by atoms with E-state index in [4.69, 9.17) is 0 Å². The molecule has 4 rings (SSSR count). The van der Waals surface area contributed by atoms with Crippen LogP contribution in [0.3, 0.4) is 0 Å². The molecule has 0 aliphatic heterocycles. The van der Waals surface area contributed by atoms with Gasteiger partial charge in [-0.2, -0.15) is 0 Å². The number of hydrogen-bond donors (Lipinski definition) is 1. The first-order valence-electron chi connectivity index (χ1n) is 9.65. The van der Waals surface area contributed by atoms with Gasteiger partial charge in [-0.05, 0) is 43.9 Å². The monoisotopic (exact) mass is 310 g/mol. The molecule has 3 saturated carbocycles. The van der Waals surface area contributed by atoms with Gasteiger partial charge < -0.3 is 5.11 Å². The minimum atomic E-state index is 0.0236. The maximum absolute atomic E-state index is 10.7. The molecule has 0 aromatic carbocycles. The lowest BCUT2D eigenvalue weighted by Gasteiger charge is -2.65. The molecule has 3 fully saturated rings. The minimum absolute atomic E-state index is 0.0236. The number of allylic oxidation sites excluding steroid dienone is 4. The molecular formula is C21H31BO. The van der Waals surface area contributed by atoms with Crippen LogP contribution >= 0.6 is 0 Å². The van der Waals surface area contributed by atoms with Crippen molar-refractivity contribution in [2.75, 3.05) is 6.61 Å². The molecule has 0 radical (unpaired) electrons. The lowest BCUT2D eigenvalue weighted by Crippen LogP contribution is -2.58. The maximum Gasteiger partial charge on any atom is 0.109 e. The Morgan fingerprint density at radius 1 is 1.17 bits per heavy atom. The zero-order chi connectivity index (χ0) is 16.3. The first-order valence-corrected chi connectivity index (χ1v) is 9.65. The van der Waals surface area contributed by atoms with Crippen LogP contribution in [0.15, 0.2) is 36.5 Å². The van der Waals surface area contributed by atoms with E-state index in [1.54, 1.807) is 0 Å². The fraction of sp³-hybridized carbons (Fsp3) is 0.714. The molecule has 0 spiro atoms. The molecule has 0 amide bonds. The number of aliphatic hydroxyl groups excluding tert-OH is 1. The van der Waals surface area contributed by atoms with Crippen molar-refractivity contribution in [1.82, 2.24) is 0 Å². The third-order valence-electron chi connectivity index (χ3n) is 8.53. The van der Waals surface area contributed by atoms with Crippen LogP contribution in [0.4, 0.5) is 0 Å². The Morgan fingerprint density at radius 2 is 2.00 bits per heavy atom. The van der Waals surface area contributed by atoms with Crippen molar-refractivity contribution < 1.29 is 5.11 Å². The molecule has 2 unspecified atom stereocenters. The standard InChI is InChI=1S/C21H31BO/c1-3-19-10-8-15(2)13-16(19)6-7-17-18-5-4-9-21(18,22)12-11-20(17,19)14-23/h3,13,17-18,23H,1-2,4-12,14,22H2/t17?,18?,19-,20+,21+/m0/s1. The lowest BCUT2D eigenvalue weighted by atomic mass is 9.37. The molecule has 124 valence electrons. The van der Waals surface area contributed by atoms with Gasteiger partial charge >= 0.3 is 0 Å². The van der Waals surface area contributed by atoms with Crippen LogP contribution in [-0.4, -0.2) is 19.6 Å². The molecule has 23 heavy (non-hydrogen) atoms. The summed E-state index contributed by atoms with van der Waals surface area (Å²) in [5.74, 6) is 1.49. The maximum atomic E-state index is 10.7. The van der Waals surface area contributed by atoms with Gasteiger partial charge in [0.15, 0.2) is 0 Å². The molecule has 0 aromatic heterocycles. The molecule has 2 heteroatoms. The fourth-order valence-corrected chi connectivity index (χ4v) is 7.28. The molecule has 0 heterocycles. The molecule has 0 saturated heterocycles. The number of fused-ring (bicyclic) bond motifs is 5. The highest BCUT2D eigenvalue weighted by atomic mass is 16.3. The summed E-state index contributed by atoms with van der Waals surface area (Å²) < 4.78 is 0. The van der Waals surface area contributed by atoms with E-state index < -0.39 is 0 Å². The van der Waals surface area contributed by atoms with Gasteiger partial charge in [-0.3, -0.25) is 0 Å². The summed E-state index contributed by atoms with van der Waals surface area (Å²) in [7, 11) is 2.53. The van der Waals surface area contributed by atoms with E-state index >= 15 is 0 Å². The van der Waals surface area contributed by atoms with E-state index in [0.29, 0.717) is 17.8 Å². The van der Waals surface area contributed by atoms with Crippen molar-refractivity contribution in [2.45, 2.75) is 63.1 Å². The van der Waals surface area contributed by atoms with Gasteiger partial charge in [0.1, 0.15) is 7.85 Å². The van der Waals surface area contributed by atoms with Crippen LogP contribution in [0.25, 0.3) is 0 Å². The first-order chi connectivity index (χ1) is 11.0. The van der Waals surface area contributed by atoms with Gasteiger partial charge in [-0.1, -0.05) is 60.9 Å². The average molecular weight is 310 g/mol. The summed E-state index contributed by atoms with van der Waals surface area (Å²) in [5, 5.41) is 11.2. The summed E-state index contributed by atoms with van der Waals surface area (Å²) >= 11 is 0. The molecule has 4 aliphatic carbocycles. The quantitative estimate of drug-likeness (QED) is 0.598. The van der Waals surface area contributed by atoms with Crippen LogP contribution in [0.1, 0.15) is 57.8 Å². The lowest BCUT2D eigenvalue weighted by molar-refractivity contribution is -0.108. The predicted molar refractivity (Wildman–Crippen MR) is 99.1 cm³/mol. The van der Waals surface area contributed by atoms with Gasteiger partial charge in [0.25, 0.3) is 0 Å². The first kappa shape index (κ1) is 15.8. The summed E-state index contributed by atoms with van der Waals surface area (Å²) in [5.41, 5.74) is 2.85. The normalized spacial score (nSPS) is 48.9. The van der Waals surface area contributed by atoms with Crippen LogP contribution < -0.4 is 0 Å². The molecule has 0 bridgehead atoms. The summed E-state index contributed by atoms with van der Waals surface area (Å²) in [6.07, 6.45) is 15.8. The Bertz CT molecular complexity index is 578. The van der Waals surface area contributed by atoms with Crippen molar-refractivity contribution in [1.29, 1.82) is 0 Å². The summed E-state index contributed by atoms with van der Waals surface area (Å²) in [6, 6.07) is 0. The second-order valence-corrected chi connectivity index (χ2v) is 9.12. The zero-order valence-electron chi connectivity index (χ0n) is 14.7. The summed E-state index contributed by atoms with van der Waals surface area (Å²) in [4.78, 5) is 0. The van der Waals surface area contributed by atoms with Crippen molar-refractivity contribution >= 4 is 7.85 Å². The fourth-order valence-electron chi connectivity index (χ4n) is 7.28. The van der Waals surface area contributed by atoms with Crippen LogP contribution in [0, 0.1) is 22.7 Å². The Kier molecular flexibility index (Phi) is 3.51. The van der Waals surface area contributed by atoms with Gasteiger partial charge in [0.2, 0.25) is 0 Å². The summed E-state index contributed by atoms with van der Waals surface area (Å²) in [6.45, 7) is 8.84. The van der Waals surface area contributed by atoms with Crippen LogP contribution in [0.5, 0.6) is 0 Å². The van der Waals surface area contributed by atoms with E-state index in [2.05, 4.69) is 33.2 Å². The van der Waals surface area contributed by atoms with Crippen molar-refractivity contribution in [3.8, 4) is 0 Å². The zero-order valence-corrected chi connectivity index (χ0v) is 14.7. The molecule has 1 nitrogen and oxygen atoms in total. The van der Waals surface area contributed by atoms with Gasteiger partial charge in [0, 0.05) is 10.8 Å². The third kappa shape index (κ3) is 1.85. The molecule has 5 atom stereocenters. The molecule has 1 N–H and O–H groups in total. The largest absolute Gasteiger partial charge is 0.396 e. The number of rotatable bonds is 2. The van der Waals surface area contributed by atoms with Crippen molar-refractivity contribution in [2.24, 2.45) is 22.7 Å². The van der Waals surface area contributed by atoms with E-state index in [-0.39, 0.29) is 10.8 Å². The van der Waals surface area contributed by atoms with E-state index in [0.717, 1.165) is 18.8 Å². The predicted octanol–water partition coefficient (Wildman–Crippen LogP) is 4.21. The Labute approximate surface area is 142 Å². The minimum Gasteiger partial charge on any atom is -0.396 e. The Morgan fingerprint density at radius 3 is 2.74 bits per heavy atom. The van der Waals surface area contributed by atoms with Crippen LogP contribution in [0.2, 0.25) is 5.31 Å². The second kappa shape index (κ2) is 5.12. The van der Waals surface area contributed by atoms with Gasteiger partial charge in [-0.25, -0.2) is 0 Å². The van der Waals surface area contributed by atoms with Crippen molar-refractivity contribution in [3.63, 3.8) is 0 Å². The SMILES string of the molecule is B[C@@]12CCCC1C1CCC3=CC(=C)CC[C@]3(C=C)[C@@]1(CO)CC2. The highest BCUT2D eigenvalue weighted by molar-refractivity contribution is 6.15. The third-order valence-corrected chi connectivity index (χ3v) is 8.53. The Balaban J connectivity index is 1.84. The molecule has 4 aliphatic rings. The number of hydrogen-bond acceptors (Lipinski definition) is 1. The van der Waals surface area contributed by atoms with Crippen molar-refractivity contribution in [3.05, 3.63) is 36.5 Å². The second-order valence-electron chi connectivity index (χ2n) is 9.12. The van der Waals surface area contributed by atoms with Gasteiger partial charge in [-0.15, -0.1) is 6.58 Å². The average Bonchev–Trinajstić information content (AvgIpc) is 2.95. The topological polar surface area (TPSA) is 20.2 Å². The van der Waals surface area contributed by atoms with E-state index in [1.165, 1.54) is 56.1 Å². The number of aliphatic hydroxyl groups is 1. The Hall–Kier alpha value is -0.755. The highest BCUT2D eigenvalue weighted by Gasteiger charge is 2.64. The van der Waals surface area contributed by atoms with E-state index in [1.807, 2.05) is 0 Å². The van der Waals surface area contributed by atoms with Gasteiger partial charge in [0.05, 0.1) is 6.61 Å².